The summed E-state index contributed by atoms with van der Waals surface area (Å²) in [6.07, 6.45) is 1.30. The van der Waals surface area contributed by atoms with Crippen LogP contribution >= 0.6 is 0 Å². The molecule has 0 aliphatic rings. The van der Waals surface area contributed by atoms with E-state index in [0.717, 1.165) is 27.6 Å². The second-order valence-corrected chi connectivity index (χ2v) is 8.32. The summed E-state index contributed by atoms with van der Waals surface area (Å²) >= 11 is 0. The fraction of sp³-hybridized carbons (Fsp3) is 0.103. The average Bonchev–Trinajstić information content (AvgIpc) is 2.87. The summed E-state index contributed by atoms with van der Waals surface area (Å²) in [5.41, 5.74) is 2.72. The summed E-state index contributed by atoms with van der Waals surface area (Å²) in [6.45, 7) is 3.68. The zero-order chi connectivity index (χ0) is 24.4. The van der Waals surface area contributed by atoms with E-state index < -0.39 is 0 Å². The van der Waals surface area contributed by atoms with Crippen molar-refractivity contribution in [2.24, 2.45) is 0 Å². The van der Waals surface area contributed by atoms with Crippen LogP contribution in [0.25, 0.3) is 21.7 Å². The maximum absolute atomic E-state index is 12.9. The lowest BCUT2D eigenvalue weighted by Gasteiger charge is -2.11. The molecular formula is C29H23NO5. The van der Waals surface area contributed by atoms with E-state index in [9.17, 15) is 9.59 Å². The van der Waals surface area contributed by atoms with E-state index in [4.69, 9.17) is 13.9 Å². The fourth-order valence-electron chi connectivity index (χ4n) is 3.86. The third-order valence-corrected chi connectivity index (χ3v) is 5.71. The van der Waals surface area contributed by atoms with Crippen LogP contribution in [0, 0.1) is 13.8 Å². The number of hydrogen-bond donors (Lipinski definition) is 1. The van der Waals surface area contributed by atoms with Gasteiger partial charge < -0.3 is 19.2 Å². The van der Waals surface area contributed by atoms with Crippen LogP contribution in [0.3, 0.4) is 0 Å². The highest BCUT2D eigenvalue weighted by Crippen LogP contribution is 2.27. The first-order valence-electron chi connectivity index (χ1n) is 11.2. The van der Waals surface area contributed by atoms with Gasteiger partial charge in [-0.25, -0.2) is 0 Å². The van der Waals surface area contributed by atoms with Crippen LogP contribution in [-0.4, -0.2) is 12.5 Å². The fourth-order valence-corrected chi connectivity index (χ4v) is 3.86. The molecule has 1 heterocycles. The van der Waals surface area contributed by atoms with Crippen molar-refractivity contribution >= 4 is 33.3 Å². The molecule has 0 unspecified atom stereocenters. The molecule has 0 atom stereocenters. The van der Waals surface area contributed by atoms with E-state index in [1.54, 1.807) is 18.2 Å². The molecule has 1 N–H and O–H groups in total. The number of carbonyl (C=O) groups is 1. The number of carbonyl (C=O) groups excluding carboxylic acids is 1. The number of benzene rings is 4. The Labute approximate surface area is 201 Å². The molecule has 6 nitrogen and oxygen atoms in total. The first-order valence-corrected chi connectivity index (χ1v) is 11.2. The third kappa shape index (κ3) is 4.73. The topological polar surface area (TPSA) is 77.8 Å². The Kier molecular flexibility index (Phi) is 5.94. The lowest BCUT2D eigenvalue weighted by atomic mass is 10.1. The van der Waals surface area contributed by atoms with Gasteiger partial charge in [0.05, 0.1) is 5.39 Å². The van der Waals surface area contributed by atoms with Crippen molar-refractivity contribution in [3.05, 3.63) is 106 Å². The Balaban J connectivity index is 1.30. The maximum Gasteiger partial charge on any atom is 0.262 e. The lowest BCUT2D eigenvalue weighted by molar-refractivity contribution is -0.118. The number of anilines is 1. The molecule has 4 aromatic carbocycles. The van der Waals surface area contributed by atoms with Gasteiger partial charge in [-0.05, 0) is 54.6 Å². The summed E-state index contributed by atoms with van der Waals surface area (Å²) in [6, 6.07) is 24.2. The smallest absolute Gasteiger partial charge is 0.262 e. The van der Waals surface area contributed by atoms with Crippen LogP contribution in [0.1, 0.15) is 11.1 Å². The Hall–Kier alpha value is -4.58. The standard InChI is InChI=1S/C29H23NO5/c1-18-10-11-19(2)25(14-18)35-27-16-34-26-15-21(12-13-23(26)29(27)32)33-17-28(31)30-24-9-5-7-20-6-3-4-8-22(20)24/h3-16H,17H2,1-2H3,(H,30,31). The third-order valence-electron chi connectivity index (χ3n) is 5.71. The molecule has 5 rings (SSSR count). The van der Waals surface area contributed by atoms with Gasteiger partial charge in [0.1, 0.15) is 23.3 Å². The van der Waals surface area contributed by atoms with Gasteiger partial charge in [-0.1, -0.05) is 48.5 Å². The summed E-state index contributed by atoms with van der Waals surface area (Å²) in [5.74, 6) is 0.834. The molecule has 0 bridgehead atoms. The Morgan fingerprint density at radius 1 is 0.886 bits per heavy atom. The van der Waals surface area contributed by atoms with Crippen LogP contribution in [0.5, 0.6) is 17.2 Å². The molecule has 0 aliphatic heterocycles. The normalized spacial score (nSPS) is 10.9. The number of amides is 1. The van der Waals surface area contributed by atoms with Gasteiger partial charge in [0, 0.05) is 17.1 Å². The van der Waals surface area contributed by atoms with E-state index in [0.29, 0.717) is 22.5 Å². The molecule has 35 heavy (non-hydrogen) atoms. The summed E-state index contributed by atoms with van der Waals surface area (Å²) in [4.78, 5) is 25.4. The average molecular weight is 466 g/mol. The van der Waals surface area contributed by atoms with Gasteiger partial charge >= 0.3 is 0 Å². The SMILES string of the molecule is Cc1ccc(C)c(Oc2coc3cc(OCC(=O)Nc4cccc5ccccc45)ccc3c2=O)c1. The van der Waals surface area contributed by atoms with Crippen molar-refractivity contribution in [1.29, 1.82) is 0 Å². The molecule has 1 amide bonds. The zero-order valence-electron chi connectivity index (χ0n) is 19.3. The first-order chi connectivity index (χ1) is 17.0. The van der Waals surface area contributed by atoms with E-state index in [-0.39, 0.29) is 23.7 Å². The minimum absolute atomic E-state index is 0.106. The molecule has 0 saturated heterocycles. The van der Waals surface area contributed by atoms with Gasteiger partial charge in [0.2, 0.25) is 11.2 Å². The number of aryl methyl sites for hydroxylation is 2. The van der Waals surface area contributed by atoms with Gasteiger partial charge in [0.15, 0.2) is 6.61 Å². The highest BCUT2D eigenvalue weighted by Gasteiger charge is 2.13. The molecule has 1 aromatic heterocycles. The summed E-state index contributed by atoms with van der Waals surface area (Å²) in [7, 11) is 0. The van der Waals surface area contributed by atoms with E-state index in [1.807, 2.05) is 74.5 Å². The second kappa shape index (κ2) is 9.35. The van der Waals surface area contributed by atoms with E-state index >= 15 is 0 Å². The molecule has 6 heteroatoms. The number of rotatable bonds is 6. The predicted octanol–water partition coefficient (Wildman–Crippen LogP) is 6.37. The largest absolute Gasteiger partial charge is 0.484 e. The van der Waals surface area contributed by atoms with Crippen molar-refractivity contribution in [2.75, 3.05) is 11.9 Å². The first kappa shape index (κ1) is 22.2. The molecule has 0 saturated carbocycles. The van der Waals surface area contributed by atoms with Crippen molar-refractivity contribution in [3.63, 3.8) is 0 Å². The molecule has 0 fully saturated rings. The molecule has 174 valence electrons. The van der Waals surface area contributed by atoms with Gasteiger partial charge in [-0.3, -0.25) is 9.59 Å². The summed E-state index contributed by atoms with van der Waals surface area (Å²) < 4.78 is 17.1. The summed E-state index contributed by atoms with van der Waals surface area (Å²) in [5, 5.41) is 5.24. The molecule has 0 spiro atoms. The van der Waals surface area contributed by atoms with Crippen molar-refractivity contribution in [1.82, 2.24) is 0 Å². The number of hydrogen-bond acceptors (Lipinski definition) is 5. The molecule has 5 aromatic rings. The second-order valence-electron chi connectivity index (χ2n) is 8.32. The highest BCUT2D eigenvalue weighted by atomic mass is 16.5. The van der Waals surface area contributed by atoms with Gasteiger partial charge in [-0.2, -0.15) is 0 Å². The van der Waals surface area contributed by atoms with Crippen molar-refractivity contribution < 1.29 is 18.7 Å². The molecule has 0 aliphatic carbocycles. The predicted molar refractivity (Wildman–Crippen MR) is 137 cm³/mol. The van der Waals surface area contributed by atoms with Crippen molar-refractivity contribution in [2.45, 2.75) is 13.8 Å². The Morgan fingerprint density at radius 2 is 1.71 bits per heavy atom. The zero-order valence-corrected chi connectivity index (χ0v) is 19.3. The van der Waals surface area contributed by atoms with Crippen LogP contribution in [0.15, 0.2) is 94.3 Å². The Bertz CT molecular complexity index is 1610. The van der Waals surface area contributed by atoms with Gasteiger partial charge in [-0.15, -0.1) is 0 Å². The highest BCUT2D eigenvalue weighted by molar-refractivity contribution is 6.02. The van der Waals surface area contributed by atoms with Crippen LogP contribution in [-0.2, 0) is 4.79 Å². The maximum atomic E-state index is 12.9. The lowest BCUT2D eigenvalue weighted by Crippen LogP contribution is -2.20. The van der Waals surface area contributed by atoms with Crippen LogP contribution in [0.2, 0.25) is 0 Å². The number of nitrogens with one attached hydrogen (secondary N) is 1. The number of fused-ring (bicyclic) bond motifs is 2. The van der Waals surface area contributed by atoms with Crippen molar-refractivity contribution in [3.8, 4) is 17.2 Å². The minimum Gasteiger partial charge on any atom is -0.484 e. The molecule has 0 radical (unpaired) electrons. The van der Waals surface area contributed by atoms with Gasteiger partial charge in [0.25, 0.3) is 5.91 Å². The van der Waals surface area contributed by atoms with Crippen LogP contribution in [0.4, 0.5) is 5.69 Å². The molecular weight excluding hydrogens is 442 g/mol. The van der Waals surface area contributed by atoms with E-state index in [1.165, 1.54) is 6.26 Å². The minimum atomic E-state index is -0.292. The monoisotopic (exact) mass is 465 g/mol. The Morgan fingerprint density at radius 3 is 2.60 bits per heavy atom. The quantitative estimate of drug-likeness (QED) is 0.315. The van der Waals surface area contributed by atoms with Crippen LogP contribution < -0.4 is 20.2 Å². The van der Waals surface area contributed by atoms with E-state index in [2.05, 4.69) is 5.32 Å². The number of ether oxygens (including phenoxy) is 2.